The standard InChI is InChI=1S/C13H18N6O/c1-9(20-14)5-12-10(2)13(19-8-18-12)16-6-11-3-4-15-7-17-11/h3-5,7-8,12,16H,6,14H2,1-2H3,(H,18,19)/b9-5+. The highest BCUT2D eigenvalue weighted by atomic mass is 16.6. The van der Waals surface area contributed by atoms with Gasteiger partial charge in [-0.2, -0.15) is 5.90 Å². The third-order valence-corrected chi connectivity index (χ3v) is 2.95. The summed E-state index contributed by atoms with van der Waals surface area (Å²) in [6.07, 6.45) is 6.76. The summed E-state index contributed by atoms with van der Waals surface area (Å²) in [5, 5.41) is 6.39. The normalized spacial score (nSPS) is 18.8. The van der Waals surface area contributed by atoms with E-state index < -0.39 is 0 Å². The van der Waals surface area contributed by atoms with Gasteiger partial charge in [0.05, 0.1) is 24.6 Å². The summed E-state index contributed by atoms with van der Waals surface area (Å²) in [5.41, 5.74) is 1.97. The molecule has 0 amide bonds. The lowest BCUT2D eigenvalue weighted by molar-refractivity contribution is 0.221. The van der Waals surface area contributed by atoms with Gasteiger partial charge >= 0.3 is 0 Å². The third-order valence-electron chi connectivity index (χ3n) is 2.95. The smallest absolute Gasteiger partial charge is 0.119 e. The zero-order valence-corrected chi connectivity index (χ0v) is 11.5. The second-order valence-corrected chi connectivity index (χ2v) is 4.37. The van der Waals surface area contributed by atoms with E-state index in [1.165, 1.54) is 6.33 Å². The number of hydrogen-bond acceptors (Lipinski definition) is 7. The lowest BCUT2D eigenvalue weighted by atomic mass is 10.1. The summed E-state index contributed by atoms with van der Waals surface area (Å²) in [7, 11) is 0. The number of rotatable bonds is 5. The predicted molar refractivity (Wildman–Crippen MR) is 76.0 cm³/mol. The van der Waals surface area contributed by atoms with Crippen molar-refractivity contribution in [1.29, 1.82) is 0 Å². The van der Waals surface area contributed by atoms with Gasteiger partial charge in [0.1, 0.15) is 17.9 Å². The number of aliphatic imine (C=N–C) groups is 1. The van der Waals surface area contributed by atoms with E-state index in [4.69, 9.17) is 5.90 Å². The van der Waals surface area contributed by atoms with Crippen molar-refractivity contribution in [2.75, 3.05) is 0 Å². The topological polar surface area (TPSA) is 97.5 Å². The third kappa shape index (κ3) is 3.55. The Labute approximate surface area is 117 Å². The molecule has 0 aliphatic carbocycles. The number of nitrogens with one attached hydrogen (secondary N) is 2. The summed E-state index contributed by atoms with van der Waals surface area (Å²) < 4.78 is 0. The summed E-state index contributed by atoms with van der Waals surface area (Å²) in [6.45, 7) is 4.40. The van der Waals surface area contributed by atoms with Crippen LogP contribution in [0.4, 0.5) is 0 Å². The molecule has 0 saturated carbocycles. The Morgan fingerprint density at radius 1 is 1.60 bits per heavy atom. The lowest BCUT2D eigenvalue weighted by Crippen LogP contribution is -2.32. The average molecular weight is 274 g/mol. The van der Waals surface area contributed by atoms with Gasteiger partial charge in [0.2, 0.25) is 0 Å². The lowest BCUT2D eigenvalue weighted by Gasteiger charge is -2.21. The van der Waals surface area contributed by atoms with Gasteiger partial charge in [-0.25, -0.2) is 9.97 Å². The van der Waals surface area contributed by atoms with Crippen LogP contribution >= 0.6 is 0 Å². The van der Waals surface area contributed by atoms with Crippen LogP contribution in [-0.2, 0) is 11.4 Å². The van der Waals surface area contributed by atoms with Crippen molar-refractivity contribution in [2.24, 2.45) is 10.9 Å². The predicted octanol–water partition coefficient (Wildman–Crippen LogP) is 0.592. The summed E-state index contributed by atoms with van der Waals surface area (Å²) in [4.78, 5) is 17.1. The number of hydrogen-bond donors (Lipinski definition) is 3. The van der Waals surface area contributed by atoms with E-state index in [0.29, 0.717) is 12.3 Å². The molecule has 0 bridgehead atoms. The number of nitrogens with zero attached hydrogens (tertiary/aromatic N) is 3. The first kappa shape index (κ1) is 14.0. The van der Waals surface area contributed by atoms with E-state index in [-0.39, 0.29) is 6.04 Å². The fraction of sp³-hybridized carbons (Fsp3) is 0.308. The molecule has 0 fully saturated rings. The highest BCUT2D eigenvalue weighted by Gasteiger charge is 2.15. The van der Waals surface area contributed by atoms with Crippen LogP contribution in [0, 0.1) is 0 Å². The van der Waals surface area contributed by atoms with Gasteiger partial charge in [-0.05, 0) is 31.6 Å². The zero-order chi connectivity index (χ0) is 14.4. The van der Waals surface area contributed by atoms with Crippen molar-refractivity contribution in [1.82, 2.24) is 20.6 Å². The highest BCUT2D eigenvalue weighted by molar-refractivity contribution is 5.61. The van der Waals surface area contributed by atoms with Crippen LogP contribution in [0.2, 0.25) is 0 Å². The second kappa shape index (κ2) is 6.67. The molecular weight excluding hydrogens is 256 g/mol. The first-order chi connectivity index (χ1) is 9.70. The van der Waals surface area contributed by atoms with Crippen LogP contribution in [0.1, 0.15) is 19.5 Å². The number of aromatic nitrogens is 2. The molecule has 4 N–H and O–H groups in total. The maximum atomic E-state index is 5.12. The van der Waals surface area contributed by atoms with Gasteiger partial charge in [-0.3, -0.25) is 4.99 Å². The first-order valence-corrected chi connectivity index (χ1v) is 6.23. The van der Waals surface area contributed by atoms with E-state index >= 15 is 0 Å². The fourth-order valence-corrected chi connectivity index (χ4v) is 1.78. The fourth-order valence-electron chi connectivity index (χ4n) is 1.78. The molecular formula is C13H18N6O. The minimum Gasteiger partial charge on any atom is -0.417 e. The summed E-state index contributed by atoms with van der Waals surface area (Å²) >= 11 is 0. The van der Waals surface area contributed by atoms with Gasteiger partial charge in [-0.1, -0.05) is 0 Å². The minimum absolute atomic E-state index is 0.0901. The Hall–Kier alpha value is -2.41. The van der Waals surface area contributed by atoms with Crippen LogP contribution < -0.4 is 16.5 Å². The molecule has 1 aliphatic heterocycles. The van der Waals surface area contributed by atoms with Gasteiger partial charge < -0.3 is 15.5 Å². The Balaban J connectivity index is 2.05. The van der Waals surface area contributed by atoms with Crippen LogP contribution in [0.3, 0.4) is 0 Å². The second-order valence-electron chi connectivity index (χ2n) is 4.37. The zero-order valence-electron chi connectivity index (χ0n) is 11.5. The first-order valence-electron chi connectivity index (χ1n) is 6.23. The Kier molecular flexibility index (Phi) is 4.67. The monoisotopic (exact) mass is 274 g/mol. The molecule has 106 valence electrons. The molecule has 0 radical (unpaired) electrons. The van der Waals surface area contributed by atoms with E-state index in [1.807, 2.05) is 19.1 Å². The maximum Gasteiger partial charge on any atom is 0.119 e. The molecule has 2 rings (SSSR count). The van der Waals surface area contributed by atoms with Crippen LogP contribution in [0.25, 0.3) is 0 Å². The van der Waals surface area contributed by atoms with Crippen molar-refractivity contribution in [2.45, 2.75) is 26.4 Å². The molecule has 7 heteroatoms. The molecule has 0 saturated heterocycles. The Bertz CT molecular complexity index is 537. The molecule has 7 nitrogen and oxygen atoms in total. The van der Waals surface area contributed by atoms with Crippen LogP contribution in [-0.4, -0.2) is 22.3 Å². The summed E-state index contributed by atoms with van der Waals surface area (Å²) in [5.74, 6) is 6.66. The van der Waals surface area contributed by atoms with E-state index in [2.05, 4.69) is 30.4 Å². The Morgan fingerprint density at radius 3 is 3.15 bits per heavy atom. The largest absolute Gasteiger partial charge is 0.417 e. The molecule has 1 aliphatic rings. The molecule has 0 aromatic carbocycles. The quantitative estimate of drug-likeness (QED) is 0.537. The highest BCUT2D eigenvalue weighted by Crippen LogP contribution is 2.15. The Morgan fingerprint density at radius 2 is 2.45 bits per heavy atom. The molecule has 1 aromatic rings. The average Bonchev–Trinajstić information content (AvgIpc) is 2.49. The number of allylic oxidation sites excluding steroid dienone is 1. The van der Waals surface area contributed by atoms with Crippen LogP contribution in [0.5, 0.6) is 0 Å². The van der Waals surface area contributed by atoms with Crippen molar-refractivity contribution < 1.29 is 4.84 Å². The molecule has 0 spiro atoms. The summed E-state index contributed by atoms with van der Waals surface area (Å²) in [6, 6.07) is 1.77. The molecule has 1 unspecified atom stereocenters. The molecule has 2 heterocycles. The number of nitrogens with two attached hydrogens (primary N) is 1. The van der Waals surface area contributed by atoms with Gasteiger partial charge in [0.25, 0.3) is 0 Å². The molecule has 20 heavy (non-hydrogen) atoms. The van der Waals surface area contributed by atoms with Crippen LogP contribution in [0.15, 0.2) is 46.8 Å². The van der Waals surface area contributed by atoms with Crippen molar-refractivity contribution in [3.05, 3.63) is 47.5 Å². The molecule has 1 aromatic heterocycles. The molecule has 1 atom stereocenters. The van der Waals surface area contributed by atoms with Gasteiger partial charge in [-0.15, -0.1) is 0 Å². The van der Waals surface area contributed by atoms with E-state index in [1.54, 1.807) is 19.5 Å². The minimum atomic E-state index is -0.0901. The van der Waals surface area contributed by atoms with E-state index in [0.717, 1.165) is 17.1 Å². The maximum absolute atomic E-state index is 5.12. The van der Waals surface area contributed by atoms with Gasteiger partial charge in [0.15, 0.2) is 0 Å². The van der Waals surface area contributed by atoms with Crippen molar-refractivity contribution >= 4 is 6.34 Å². The SMILES string of the molecule is CC1=C(NCc2ccncn2)NC=NC1/C=C(\C)ON. The van der Waals surface area contributed by atoms with E-state index in [9.17, 15) is 0 Å². The van der Waals surface area contributed by atoms with Crippen molar-refractivity contribution in [3.63, 3.8) is 0 Å². The van der Waals surface area contributed by atoms with Crippen molar-refractivity contribution in [3.8, 4) is 0 Å². The van der Waals surface area contributed by atoms with Gasteiger partial charge in [0, 0.05) is 6.20 Å².